The number of hydrogen-bond acceptors (Lipinski definition) is 4. The van der Waals surface area contributed by atoms with Crippen LogP contribution in [-0.2, 0) is 4.74 Å². The van der Waals surface area contributed by atoms with Crippen molar-refractivity contribution < 1.29 is 19.4 Å². The van der Waals surface area contributed by atoms with Crippen LogP contribution >= 0.6 is 0 Å². The maximum absolute atomic E-state index is 12.9. The van der Waals surface area contributed by atoms with Gasteiger partial charge in [0.05, 0.1) is 16.9 Å². The molecule has 1 saturated heterocycles. The number of carboxylic acid groups (broad SMARTS) is 1. The summed E-state index contributed by atoms with van der Waals surface area (Å²) in [5.41, 5.74) is 4.79. The SMILES string of the molecule is Cc1ccc(NC(=O)Nc2cc(-c3ccccc3C(=O)O)ccc2N(C)C2CCOCC2)cc1. The predicted octanol–water partition coefficient (Wildman–Crippen LogP) is 5.62. The number of aryl methyl sites for hydroxylation is 1. The average Bonchev–Trinajstić information content (AvgIpc) is 2.85. The molecule has 34 heavy (non-hydrogen) atoms. The van der Waals surface area contributed by atoms with Crippen molar-refractivity contribution in [2.24, 2.45) is 0 Å². The number of nitrogens with one attached hydrogen (secondary N) is 2. The lowest BCUT2D eigenvalue weighted by Gasteiger charge is -2.34. The molecule has 7 heteroatoms. The lowest BCUT2D eigenvalue weighted by molar-refractivity contribution is 0.0697. The number of amides is 2. The molecule has 2 amide bonds. The summed E-state index contributed by atoms with van der Waals surface area (Å²) in [6, 6.07) is 20.0. The first-order valence-corrected chi connectivity index (χ1v) is 11.3. The largest absolute Gasteiger partial charge is 0.478 e. The number of rotatable bonds is 6. The van der Waals surface area contributed by atoms with Crippen LogP contribution in [0, 0.1) is 6.92 Å². The van der Waals surface area contributed by atoms with Gasteiger partial charge in [-0.25, -0.2) is 9.59 Å². The van der Waals surface area contributed by atoms with Crippen LogP contribution in [0.15, 0.2) is 66.7 Å². The Morgan fingerprint density at radius 2 is 1.68 bits per heavy atom. The van der Waals surface area contributed by atoms with E-state index in [9.17, 15) is 14.7 Å². The third-order valence-electron chi connectivity index (χ3n) is 6.14. The van der Waals surface area contributed by atoms with Crippen molar-refractivity contribution in [2.45, 2.75) is 25.8 Å². The van der Waals surface area contributed by atoms with Crippen LogP contribution in [0.25, 0.3) is 11.1 Å². The van der Waals surface area contributed by atoms with E-state index in [0.717, 1.165) is 24.1 Å². The molecule has 0 saturated carbocycles. The van der Waals surface area contributed by atoms with Crippen molar-refractivity contribution in [2.75, 3.05) is 35.8 Å². The lowest BCUT2D eigenvalue weighted by Crippen LogP contribution is -2.37. The minimum absolute atomic E-state index is 0.211. The molecule has 0 bridgehead atoms. The second-order valence-electron chi connectivity index (χ2n) is 8.48. The summed E-state index contributed by atoms with van der Waals surface area (Å²) in [4.78, 5) is 26.8. The zero-order valence-corrected chi connectivity index (χ0v) is 19.4. The highest BCUT2D eigenvalue weighted by molar-refractivity contribution is 6.03. The summed E-state index contributed by atoms with van der Waals surface area (Å²) in [6.07, 6.45) is 1.80. The number of anilines is 3. The lowest BCUT2D eigenvalue weighted by atomic mass is 9.98. The molecule has 1 aliphatic heterocycles. The van der Waals surface area contributed by atoms with Crippen LogP contribution in [0.5, 0.6) is 0 Å². The van der Waals surface area contributed by atoms with Gasteiger partial charge in [0.2, 0.25) is 0 Å². The minimum Gasteiger partial charge on any atom is -0.478 e. The Balaban J connectivity index is 1.68. The van der Waals surface area contributed by atoms with E-state index >= 15 is 0 Å². The molecule has 0 unspecified atom stereocenters. The summed E-state index contributed by atoms with van der Waals surface area (Å²) < 4.78 is 5.51. The highest BCUT2D eigenvalue weighted by Crippen LogP contribution is 2.35. The molecule has 3 aromatic rings. The van der Waals surface area contributed by atoms with Crippen LogP contribution in [0.1, 0.15) is 28.8 Å². The summed E-state index contributed by atoms with van der Waals surface area (Å²) >= 11 is 0. The van der Waals surface area contributed by atoms with Crippen LogP contribution in [-0.4, -0.2) is 43.4 Å². The molecule has 1 heterocycles. The van der Waals surface area contributed by atoms with Crippen LogP contribution in [0.4, 0.5) is 21.9 Å². The number of nitrogens with zero attached hydrogens (tertiary/aromatic N) is 1. The number of carboxylic acids is 1. The maximum Gasteiger partial charge on any atom is 0.336 e. The first kappa shape index (κ1) is 23.3. The fraction of sp³-hybridized carbons (Fsp3) is 0.259. The Morgan fingerprint density at radius 3 is 2.38 bits per heavy atom. The molecule has 0 atom stereocenters. The van der Waals surface area contributed by atoms with E-state index in [2.05, 4.69) is 15.5 Å². The maximum atomic E-state index is 12.9. The molecular weight excluding hydrogens is 430 g/mol. The predicted molar refractivity (Wildman–Crippen MR) is 135 cm³/mol. The van der Waals surface area contributed by atoms with Crippen LogP contribution < -0.4 is 15.5 Å². The van der Waals surface area contributed by atoms with Gasteiger partial charge >= 0.3 is 12.0 Å². The number of hydrogen-bond donors (Lipinski definition) is 3. The summed E-state index contributed by atoms with van der Waals surface area (Å²) in [6.45, 7) is 3.40. The smallest absolute Gasteiger partial charge is 0.336 e. The second kappa shape index (κ2) is 10.4. The minimum atomic E-state index is -0.995. The van der Waals surface area contributed by atoms with Gasteiger partial charge in [0, 0.05) is 32.0 Å². The summed E-state index contributed by atoms with van der Waals surface area (Å²) in [5.74, 6) is -0.995. The van der Waals surface area contributed by atoms with Gasteiger partial charge in [0.1, 0.15) is 0 Å². The van der Waals surface area contributed by atoms with Crippen molar-refractivity contribution in [3.05, 3.63) is 77.9 Å². The molecule has 0 radical (unpaired) electrons. The number of urea groups is 1. The standard InChI is InChI=1S/C27H29N3O4/c1-18-7-10-20(11-8-18)28-27(33)29-24-17-19(22-5-3-4-6-23(22)26(31)32)9-12-25(24)30(2)21-13-15-34-16-14-21/h3-12,17,21H,13-16H2,1-2H3,(H,31,32)(H2,28,29,33). The van der Waals surface area contributed by atoms with E-state index in [0.29, 0.717) is 35.7 Å². The van der Waals surface area contributed by atoms with Gasteiger partial charge in [0.25, 0.3) is 0 Å². The number of benzene rings is 3. The van der Waals surface area contributed by atoms with Crippen molar-refractivity contribution in [3.63, 3.8) is 0 Å². The van der Waals surface area contributed by atoms with E-state index in [1.165, 1.54) is 0 Å². The van der Waals surface area contributed by atoms with Crippen molar-refractivity contribution in [3.8, 4) is 11.1 Å². The fourth-order valence-electron chi connectivity index (χ4n) is 4.22. The Bertz CT molecular complexity index is 1170. The third-order valence-corrected chi connectivity index (χ3v) is 6.14. The van der Waals surface area contributed by atoms with E-state index in [1.54, 1.807) is 24.3 Å². The molecule has 7 nitrogen and oxygen atoms in total. The van der Waals surface area contributed by atoms with Gasteiger partial charge in [-0.15, -0.1) is 0 Å². The molecule has 0 aliphatic carbocycles. The molecule has 3 N–H and O–H groups in total. The van der Waals surface area contributed by atoms with Crippen molar-refractivity contribution in [1.29, 1.82) is 0 Å². The van der Waals surface area contributed by atoms with E-state index in [-0.39, 0.29) is 17.6 Å². The number of ether oxygens (including phenoxy) is 1. The number of aromatic carboxylic acids is 1. The van der Waals surface area contributed by atoms with E-state index in [1.807, 2.05) is 56.4 Å². The molecule has 3 aromatic carbocycles. The highest BCUT2D eigenvalue weighted by Gasteiger charge is 2.22. The van der Waals surface area contributed by atoms with E-state index < -0.39 is 5.97 Å². The molecule has 0 aromatic heterocycles. The summed E-state index contributed by atoms with van der Waals surface area (Å²) in [5, 5.41) is 15.5. The van der Waals surface area contributed by atoms with E-state index in [4.69, 9.17) is 4.74 Å². The summed E-state index contributed by atoms with van der Waals surface area (Å²) in [7, 11) is 2.01. The molecule has 1 fully saturated rings. The molecule has 176 valence electrons. The Morgan fingerprint density at radius 1 is 0.971 bits per heavy atom. The first-order chi connectivity index (χ1) is 16.4. The Labute approximate surface area is 199 Å². The normalized spacial score (nSPS) is 13.8. The number of carbonyl (C=O) groups is 2. The molecule has 4 rings (SSSR count). The Hall–Kier alpha value is -3.84. The molecule has 1 aliphatic rings. The monoisotopic (exact) mass is 459 g/mol. The first-order valence-electron chi connectivity index (χ1n) is 11.3. The van der Waals surface area contributed by atoms with Gasteiger partial charge < -0.3 is 25.4 Å². The molecular formula is C27H29N3O4. The topological polar surface area (TPSA) is 90.9 Å². The van der Waals surface area contributed by atoms with Crippen molar-refractivity contribution in [1.82, 2.24) is 0 Å². The Kier molecular flexibility index (Phi) is 7.13. The van der Waals surface area contributed by atoms with Gasteiger partial charge in [0.15, 0.2) is 0 Å². The van der Waals surface area contributed by atoms with Gasteiger partial charge in [-0.1, -0.05) is 42.0 Å². The second-order valence-corrected chi connectivity index (χ2v) is 8.48. The van der Waals surface area contributed by atoms with Gasteiger partial charge in [-0.2, -0.15) is 0 Å². The number of carbonyl (C=O) groups excluding carboxylic acids is 1. The van der Waals surface area contributed by atoms with Gasteiger partial charge in [-0.3, -0.25) is 0 Å². The van der Waals surface area contributed by atoms with Crippen molar-refractivity contribution >= 4 is 29.1 Å². The third kappa shape index (κ3) is 5.38. The van der Waals surface area contributed by atoms with Crippen LogP contribution in [0.3, 0.4) is 0 Å². The average molecular weight is 460 g/mol. The highest BCUT2D eigenvalue weighted by atomic mass is 16.5. The zero-order chi connectivity index (χ0) is 24.1. The fourth-order valence-corrected chi connectivity index (χ4v) is 4.22. The molecule has 0 spiro atoms. The van der Waals surface area contributed by atoms with Crippen LogP contribution in [0.2, 0.25) is 0 Å². The van der Waals surface area contributed by atoms with Gasteiger partial charge in [-0.05, 0) is 61.2 Å². The zero-order valence-electron chi connectivity index (χ0n) is 19.4. The quantitative estimate of drug-likeness (QED) is 0.445.